The number of nitrogens with one attached hydrogen (secondary N) is 1. The highest BCUT2D eigenvalue weighted by Gasteiger charge is 2.40. The van der Waals surface area contributed by atoms with Gasteiger partial charge in [0.05, 0.1) is 6.61 Å². The van der Waals surface area contributed by atoms with E-state index in [1.54, 1.807) is 0 Å². The van der Waals surface area contributed by atoms with E-state index in [4.69, 9.17) is 0 Å². The lowest BCUT2D eigenvalue weighted by Crippen LogP contribution is -2.14. The van der Waals surface area contributed by atoms with Gasteiger partial charge in [-0.25, -0.2) is 9.59 Å². The van der Waals surface area contributed by atoms with Crippen molar-refractivity contribution in [2.75, 3.05) is 6.61 Å². The first-order valence-corrected chi connectivity index (χ1v) is 3.83. The third-order valence-corrected chi connectivity index (χ3v) is 1.39. The zero-order valence-electron chi connectivity index (χ0n) is 7.47. The molecule has 1 aromatic rings. The minimum Gasteiger partial charge on any atom is -0.460 e. The van der Waals surface area contributed by atoms with Crippen LogP contribution in [0.1, 0.15) is 23.2 Å². The van der Waals surface area contributed by atoms with E-state index in [2.05, 4.69) is 9.15 Å². The van der Waals surface area contributed by atoms with Crippen LogP contribution in [0.2, 0.25) is 0 Å². The Morgan fingerprint density at radius 3 is 2.60 bits per heavy atom. The predicted octanol–water partition coefficient (Wildman–Crippen LogP) is 1.16. The summed E-state index contributed by atoms with van der Waals surface area (Å²) in [7, 11) is 0. The number of hydrogen-bond donors (Lipinski definition) is 1. The van der Waals surface area contributed by atoms with Crippen LogP contribution >= 0.6 is 0 Å². The van der Waals surface area contributed by atoms with Crippen molar-refractivity contribution < 1.29 is 27.1 Å². The number of oxazole rings is 1. The lowest BCUT2D eigenvalue weighted by Gasteiger charge is -2.04. The number of carbonyl (C=O) groups is 1. The Balaban J connectivity index is 3.18. The number of hydrogen-bond acceptors (Lipinski definition) is 4. The van der Waals surface area contributed by atoms with Crippen LogP contribution in [0.3, 0.4) is 0 Å². The van der Waals surface area contributed by atoms with Gasteiger partial charge < -0.3 is 9.15 Å². The average Bonchev–Trinajstić information content (AvgIpc) is 2.47. The Morgan fingerprint density at radius 2 is 2.13 bits per heavy atom. The van der Waals surface area contributed by atoms with Gasteiger partial charge in [0.25, 0.3) is 0 Å². The van der Waals surface area contributed by atoms with Crippen LogP contribution in [0, 0.1) is 0 Å². The minimum atomic E-state index is -4.87. The molecule has 0 aliphatic rings. The fraction of sp³-hybridized carbons (Fsp3) is 0.429. The van der Waals surface area contributed by atoms with Crippen LogP contribution in [0.15, 0.2) is 9.21 Å². The number of aromatic amines is 1. The van der Waals surface area contributed by atoms with Crippen molar-refractivity contribution >= 4 is 5.97 Å². The van der Waals surface area contributed by atoms with E-state index in [9.17, 15) is 22.8 Å². The second-order valence-electron chi connectivity index (χ2n) is 2.44. The summed E-state index contributed by atoms with van der Waals surface area (Å²) in [5, 5.41) is 0. The molecule has 0 aromatic carbocycles. The van der Waals surface area contributed by atoms with Crippen molar-refractivity contribution in [3.8, 4) is 0 Å². The Bertz CT molecular complexity index is 417. The average molecular weight is 225 g/mol. The third-order valence-electron chi connectivity index (χ3n) is 1.39. The van der Waals surface area contributed by atoms with Crippen molar-refractivity contribution in [2.45, 2.75) is 13.1 Å². The Hall–Kier alpha value is -1.73. The molecule has 0 unspecified atom stereocenters. The van der Waals surface area contributed by atoms with Gasteiger partial charge >= 0.3 is 17.9 Å². The molecule has 0 saturated carbocycles. The van der Waals surface area contributed by atoms with Gasteiger partial charge in [-0.05, 0) is 6.92 Å². The number of alkyl halides is 3. The molecule has 8 heteroatoms. The van der Waals surface area contributed by atoms with Crippen molar-refractivity contribution in [1.29, 1.82) is 0 Å². The first kappa shape index (κ1) is 11.3. The van der Waals surface area contributed by atoms with Gasteiger partial charge in [0.1, 0.15) is 0 Å². The molecule has 1 rings (SSSR count). The molecule has 0 bridgehead atoms. The van der Waals surface area contributed by atoms with Gasteiger partial charge in [-0.2, -0.15) is 13.2 Å². The second-order valence-corrected chi connectivity index (χ2v) is 2.44. The summed E-state index contributed by atoms with van der Waals surface area (Å²) in [5.74, 6) is -3.84. The minimum absolute atomic E-state index is 0.120. The first-order chi connectivity index (χ1) is 6.86. The number of halogens is 3. The maximum absolute atomic E-state index is 12.2. The Morgan fingerprint density at radius 1 is 1.53 bits per heavy atom. The molecular formula is C7H6F3NO4. The summed E-state index contributed by atoms with van der Waals surface area (Å²) < 4.78 is 45.0. The van der Waals surface area contributed by atoms with Crippen molar-refractivity contribution in [1.82, 2.24) is 4.98 Å². The third kappa shape index (κ3) is 2.39. The highest BCUT2D eigenvalue weighted by molar-refractivity contribution is 5.87. The smallest absolute Gasteiger partial charge is 0.435 e. The molecule has 0 amide bonds. The number of rotatable bonds is 2. The lowest BCUT2D eigenvalue weighted by molar-refractivity contribution is -0.141. The highest BCUT2D eigenvalue weighted by Crippen LogP contribution is 2.29. The molecule has 1 N–H and O–H groups in total. The fourth-order valence-electron chi connectivity index (χ4n) is 0.868. The molecule has 5 nitrogen and oxygen atoms in total. The van der Waals surface area contributed by atoms with Gasteiger partial charge in [-0.3, -0.25) is 4.98 Å². The van der Waals surface area contributed by atoms with E-state index in [0.717, 1.165) is 0 Å². The predicted molar refractivity (Wildman–Crippen MR) is 40.3 cm³/mol. The van der Waals surface area contributed by atoms with Crippen molar-refractivity contribution in [2.24, 2.45) is 0 Å². The molecule has 0 spiro atoms. The van der Waals surface area contributed by atoms with E-state index in [1.165, 1.54) is 11.9 Å². The van der Waals surface area contributed by atoms with E-state index in [1.807, 2.05) is 0 Å². The molecule has 0 fully saturated rings. The van der Waals surface area contributed by atoms with Gasteiger partial charge in [-0.1, -0.05) is 0 Å². The second kappa shape index (κ2) is 3.79. The molecule has 15 heavy (non-hydrogen) atoms. The SMILES string of the molecule is CCOC(=O)c1oc(=O)[nH]c1C(F)(F)F. The van der Waals surface area contributed by atoms with E-state index in [0.29, 0.717) is 0 Å². The number of H-pyrrole nitrogens is 1. The monoisotopic (exact) mass is 225 g/mol. The van der Waals surface area contributed by atoms with Crippen LogP contribution in [0.4, 0.5) is 13.2 Å². The maximum Gasteiger partial charge on any atom is 0.435 e. The first-order valence-electron chi connectivity index (χ1n) is 3.83. The quantitative estimate of drug-likeness (QED) is 0.766. The molecule has 0 radical (unpaired) electrons. The van der Waals surface area contributed by atoms with Crippen LogP contribution < -0.4 is 5.76 Å². The number of ether oxygens (including phenoxy) is 1. The van der Waals surface area contributed by atoms with Gasteiger partial charge in [0, 0.05) is 0 Å². The largest absolute Gasteiger partial charge is 0.460 e. The standard InChI is InChI=1S/C7H6F3NO4/c1-2-14-5(12)3-4(7(8,9)10)11-6(13)15-3/h2H2,1H3,(H,11,13). The zero-order chi connectivity index (χ0) is 11.6. The topological polar surface area (TPSA) is 72.3 Å². The van der Waals surface area contributed by atoms with Crippen LogP contribution in [0.5, 0.6) is 0 Å². The van der Waals surface area contributed by atoms with Gasteiger partial charge in [-0.15, -0.1) is 0 Å². The number of esters is 1. The van der Waals surface area contributed by atoms with Crippen molar-refractivity contribution in [3.05, 3.63) is 22.0 Å². The fourth-order valence-corrected chi connectivity index (χ4v) is 0.868. The van der Waals surface area contributed by atoms with Crippen LogP contribution in [-0.4, -0.2) is 17.6 Å². The van der Waals surface area contributed by atoms with Gasteiger partial charge in [0.15, 0.2) is 5.69 Å². The molecule has 1 heterocycles. The molecule has 1 aromatic heterocycles. The van der Waals surface area contributed by atoms with Crippen LogP contribution in [-0.2, 0) is 10.9 Å². The number of aromatic nitrogens is 1. The number of carbonyl (C=O) groups excluding carboxylic acids is 1. The van der Waals surface area contributed by atoms with E-state index in [-0.39, 0.29) is 6.61 Å². The summed E-state index contributed by atoms with van der Waals surface area (Å²) in [6.45, 7) is 1.29. The molecular weight excluding hydrogens is 219 g/mol. The van der Waals surface area contributed by atoms with Crippen LogP contribution in [0.25, 0.3) is 0 Å². The summed E-state index contributed by atoms with van der Waals surface area (Å²) in [5.41, 5.74) is -1.54. The normalized spacial score (nSPS) is 11.5. The van der Waals surface area contributed by atoms with Gasteiger partial charge in [0.2, 0.25) is 5.76 Å². The maximum atomic E-state index is 12.2. The molecule has 0 aliphatic carbocycles. The van der Waals surface area contributed by atoms with E-state index < -0.39 is 29.4 Å². The Labute approximate surface area is 80.8 Å². The summed E-state index contributed by atoms with van der Waals surface area (Å²) in [6.07, 6.45) is -4.87. The molecule has 0 atom stereocenters. The Kier molecular flexibility index (Phi) is 2.87. The zero-order valence-corrected chi connectivity index (χ0v) is 7.47. The molecule has 0 aliphatic heterocycles. The molecule has 0 saturated heterocycles. The van der Waals surface area contributed by atoms with E-state index >= 15 is 0 Å². The van der Waals surface area contributed by atoms with Crippen molar-refractivity contribution in [3.63, 3.8) is 0 Å². The summed E-state index contributed by atoms with van der Waals surface area (Å²) in [6, 6.07) is 0. The summed E-state index contributed by atoms with van der Waals surface area (Å²) >= 11 is 0. The molecule has 84 valence electrons. The summed E-state index contributed by atoms with van der Waals surface area (Å²) in [4.78, 5) is 22.9. The lowest BCUT2D eigenvalue weighted by atomic mass is 10.3. The highest BCUT2D eigenvalue weighted by atomic mass is 19.4.